The van der Waals surface area contributed by atoms with E-state index in [2.05, 4.69) is 34.7 Å². The molecule has 0 radical (unpaired) electrons. The van der Waals surface area contributed by atoms with E-state index in [-0.39, 0.29) is 24.0 Å². The van der Waals surface area contributed by atoms with E-state index in [0.29, 0.717) is 18.7 Å². The van der Waals surface area contributed by atoms with Crippen LogP contribution in [0.4, 0.5) is 0 Å². The Morgan fingerprint density at radius 1 is 1.21 bits per heavy atom. The van der Waals surface area contributed by atoms with E-state index in [4.69, 9.17) is 9.73 Å². The van der Waals surface area contributed by atoms with Crippen LogP contribution < -0.4 is 10.6 Å². The number of ether oxygens (including phenoxy) is 1. The molecule has 2 fully saturated rings. The van der Waals surface area contributed by atoms with Crippen molar-refractivity contribution in [1.82, 2.24) is 25.4 Å². The second-order valence-electron chi connectivity index (χ2n) is 8.40. The number of halogens is 1. The van der Waals surface area contributed by atoms with E-state index in [1.54, 1.807) is 0 Å². The van der Waals surface area contributed by atoms with Gasteiger partial charge in [-0.25, -0.2) is 4.99 Å². The van der Waals surface area contributed by atoms with Crippen LogP contribution >= 0.6 is 24.0 Å². The molecular weight excluding hydrogens is 467 g/mol. The molecule has 1 saturated heterocycles. The molecule has 0 bridgehead atoms. The molecule has 2 heterocycles. The smallest absolute Gasteiger partial charge is 0.192 e. The van der Waals surface area contributed by atoms with Gasteiger partial charge in [0, 0.05) is 26.2 Å². The van der Waals surface area contributed by atoms with Crippen molar-refractivity contribution >= 4 is 29.9 Å². The highest BCUT2D eigenvalue weighted by atomic mass is 127. The number of aromatic nitrogens is 3. The van der Waals surface area contributed by atoms with Gasteiger partial charge < -0.3 is 19.9 Å². The predicted octanol–water partition coefficient (Wildman–Crippen LogP) is 3.17. The maximum absolute atomic E-state index is 5.75. The highest BCUT2D eigenvalue weighted by Gasteiger charge is 2.24. The first-order valence-electron chi connectivity index (χ1n) is 10.5. The molecule has 7 nitrogen and oxygen atoms in total. The van der Waals surface area contributed by atoms with Crippen molar-refractivity contribution in [3.8, 4) is 0 Å². The first-order valence-corrected chi connectivity index (χ1v) is 10.5. The van der Waals surface area contributed by atoms with Gasteiger partial charge in [-0.15, -0.1) is 34.2 Å². The van der Waals surface area contributed by atoms with Crippen LogP contribution in [0.1, 0.15) is 64.0 Å². The Kier molecular flexibility index (Phi) is 9.46. The molecule has 1 aliphatic carbocycles. The third kappa shape index (κ3) is 6.57. The Bertz CT molecular complexity index is 618. The SMILES string of the molecule is Cc1nnc(CN=C(NCC2CCCO2)NC2CCC(C(C)C)CC2)n1C.I. The van der Waals surface area contributed by atoms with E-state index >= 15 is 0 Å². The molecule has 3 rings (SSSR count). The lowest BCUT2D eigenvalue weighted by Gasteiger charge is -2.32. The van der Waals surface area contributed by atoms with E-state index in [9.17, 15) is 0 Å². The molecule has 1 aliphatic heterocycles. The summed E-state index contributed by atoms with van der Waals surface area (Å²) in [5.41, 5.74) is 0. The summed E-state index contributed by atoms with van der Waals surface area (Å²) >= 11 is 0. The summed E-state index contributed by atoms with van der Waals surface area (Å²) in [5.74, 6) is 4.32. The van der Waals surface area contributed by atoms with Crippen LogP contribution in [-0.2, 0) is 18.3 Å². The highest BCUT2D eigenvalue weighted by Crippen LogP contribution is 2.29. The normalized spacial score (nSPS) is 25.6. The zero-order valence-electron chi connectivity index (χ0n) is 17.8. The molecule has 2 N–H and O–H groups in total. The zero-order valence-corrected chi connectivity index (χ0v) is 20.1. The van der Waals surface area contributed by atoms with Crippen molar-refractivity contribution in [2.75, 3.05) is 13.2 Å². The Balaban J connectivity index is 0.00000280. The average molecular weight is 504 g/mol. The van der Waals surface area contributed by atoms with Crippen molar-refractivity contribution in [3.05, 3.63) is 11.6 Å². The molecule has 1 aromatic rings. The molecule has 28 heavy (non-hydrogen) atoms. The van der Waals surface area contributed by atoms with Gasteiger partial charge in [0.15, 0.2) is 11.8 Å². The summed E-state index contributed by atoms with van der Waals surface area (Å²) in [5, 5.41) is 15.5. The van der Waals surface area contributed by atoms with Crippen LogP contribution in [-0.4, -0.2) is 46.0 Å². The van der Waals surface area contributed by atoms with Crippen molar-refractivity contribution in [2.24, 2.45) is 23.9 Å². The van der Waals surface area contributed by atoms with Gasteiger partial charge >= 0.3 is 0 Å². The average Bonchev–Trinajstić information content (AvgIpc) is 3.29. The summed E-state index contributed by atoms with van der Waals surface area (Å²) < 4.78 is 7.74. The number of aliphatic imine (C=N–C) groups is 1. The predicted molar refractivity (Wildman–Crippen MR) is 123 cm³/mol. The topological polar surface area (TPSA) is 76.4 Å². The molecular formula is C20H37IN6O. The van der Waals surface area contributed by atoms with E-state index in [1.807, 2.05) is 18.5 Å². The van der Waals surface area contributed by atoms with Crippen LogP contribution in [0.25, 0.3) is 0 Å². The fourth-order valence-electron chi connectivity index (χ4n) is 4.03. The van der Waals surface area contributed by atoms with Gasteiger partial charge in [-0.05, 0) is 57.3 Å². The lowest BCUT2D eigenvalue weighted by Crippen LogP contribution is -2.47. The molecule has 8 heteroatoms. The summed E-state index contributed by atoms with van der Waals surface area (Å²) in [7, 11) is 1.99. The van der Waals surface area contributed by atoms with Gasteiger partial charge in [0.05, 0.1) is 6.10 Å². The maximum Gasteiger partial charge on any atom is 0.192 e. The minimum absolute atomic E-state index is 0. The second-order valence-corrected chi connectivity index (χ2v) is 8.40. The van der Waals surface area contributed by atoms with Crippen molar-refractivity contribution in [1.29, 1.82) is 0 Å². The van der Waals surface area contributed by atoms with Crippen LogP contribution in [0, 0.1) is 18.8 Å². The number of rotatable bonds is 6. The van der Waals surface area contributed by atoms with Gasteiger partial charge in [-0.1, -0.05) is 13.8 Å². The van der Waals surface area contributed by atoms with E-state index in [1.165, 1.54) is 25.7 Å². The molecule has 1 unspecified atom stereocenters. The lowest BCUT2D eigenvalue weighted by molar-refractivity contribution is 0.113. The van der Waals surface area contributed by atoms with E-state index < -0.39 is 0 Å². The lowest BCUT2D eigenvalue weighted by atomic mass is 9.80. The van der Waals surface area contributed by atoms with Gasteiger partial charge in [0.1, 0.15) is 12.4 Å². The summed E-state index contributed by atoms with van der Waals surface area (Å²) in [6.45, 7) is 8.87. The molecule has 0 spiro atoms. The second kappa shape index (κ2) is 11.3. The van der Waals surface area contributed by atoms with Gasteiger partial charge in [0.2, 0.25) is 0 Å². The monoisotopic (exact) mass is 504 g/mol. The first kappa shape index (κ1) is 23.4. The number of hydrogen-bond donors (Lipinski definition) is 2. The quantitative estimate of drug-likeness (QED) is 0.354. The standard InChI is InChI=1S/C20H36N6O.HI/c1-14(2)16-7-9-17(10-8-16)23-20(21-12-18-6-5-11-27-18)22-13-19-25-24-15(3)26(19)4;/h14,16-18H,5-13H2,1-4H3,(H2,21,22,23);1H. The summed E-state index contributed by atoms with van der Waals surface area (Å²) in [6, 6.07) is 0.497. The maximum atomic E-state index is 5.75. The van der Waals surface area contributed by atoms with Crippen LogP contribution in [0.15, 0.2) is 4.99 Å². The Morgan fingerprint density at radius 3 is 2.54 bits per heavy atom. The molecule has 160 valence electrons. The molecule has 0 amide bonds. The molecule has 1 aromatic heterocycles. The van der Waals surface area contributed by atoms with Crippen molar-refractivity contribution in [2.45, 2.75) is 78.0 Å². The van der Waals surface area contributed by atoms with Crippen molar-refractivity contribution < 1.29 is 4.74 Å². The summed E-state index contributed by atoms with van der Waals surface area (Å²) in [6.07, 6.45) is 7.62. The number of aryl methyl sites for hydroxylation is 1. The van der Waals surface area contributed by atoms with Crippen LogP contribution in [0.2, 0.25) is 0 Å². The fraction of sp³-hybridized carbons (Fsp3) is 0.850. The number of nitrogens with one attached hydrogen (secondary N) is 2. The van der Waals surface area contributed by atoms with Crippen LogP contribution in [0.3, 0.4) is 0 Å². The largest absolute Gasteiger partial charge is 0.376 e. The van der Waals surface area contributed by atoms with Gasteiger partial charge in [-0.2, -0.15) is 0 Å². The van der Waals surface area contributed by atoms with Gasteiger partial charge in [0.25, 0.3) is 0 Å². The zero-order chi connectivity index (χ0) is 19.2. The number of guanidine groups is 1. The number of hydrogen-bond acceptors (Lipinski definition) is 4. The number of nitrogens with zero attached hydrogens (tertiary/aromatic N) is 4. The van der Waals surface area contributed by atoms with Crippen LogP contribution in [0.5, 0.6) is 0 Å². The Morgan fingerprint density at radius 2 is 1.96 bits per heavy atom. The molecule has 2 aliphatic rings. The fourth-order valence-corrected chi connectivity index (χ4v) is 4.03. The Labute approximate surface area is 186 Å². The van der Waals surface area contributed by atoms with Crippen molar-refractivity contribution in [3.63, 3.8) is 0 Å². The minimum atomic E-state index is 0. The molecule has 1 saturated carbocycles. The third-order valence-electron chi connectivity index (χ3n) is 6.14. The van der Waals surface area contributed by atoms with Gasteiger partial charge in [-0.3, -0.25) is 0 Å². The first-order chi connectivity index (χ1) is 13.0. The third-order valence-corrected chi connectivity index (χ3v) is 6.14. The molecule has 1 atom stereocenters. The summed E-state index contributed by atoms with van der Waals surface area (Å²) in [4.78, 5) is 4.79. The minimum Gasteiger partial charge on any atom is -0.376 e. The highest BCUT2D eigenvalue weighted by molar-refractivity contribution is 14.0. The molecule has 0 aromatic carbocycles. The van der Waals surface area contributed by atoms with E-state index in [0.717, 1.165) is 55.4 Å². The Hall–Kier alpha value is -0.900.